The van der Waals surface area contributed by atoms with E-state index < -0.39 is 17.1 Å². The first kappa shape index (κ1) is 13.2. The van der Waals surface area contributed by atoms with Crippen molar-refractivity contribution in [2.75, 3.05) is 13.2 Å². The summed E-state index contributed by atoms with van der Waals surface area (Å²) in [6, 6.07) is 0. The molecule has 0 saturated heterocycles. The van der Waals surface area contributed by atoms with Gasteiger partial charge in [0.05, 0.1) is 19.3 Å². The molecule has 0 unspecified atom stereocenters. The van der Waals surface area contributed by atoms with Crippen LogP contribution >= 0.6 is 11.6 Å². The normalized spacial score (nSPS) is 12.5. The Morgan fingerprint density at radius 2 is 1.86 bits per heavy atom. The van der Waals surface area contributed by atoms with Crippen LogP contribution in [-0.2, 0) is 14.3 Å². The molecule has 0 radical (unpaired) electrons. The maximum Gasteiger partial charge on any atom is 0.379 e. The number of rotatable bonds is 5. The van der Waals surface area contributed by atoms with Crippen LogP contribution in [0.1, 0.15) is 13.8 Å². The van der Waals surface area contributed by atoms with Gasteiger partial charge in [0, 0.05) is 0 Å². The van der Waals surface area contributed by atoms with Gasteiger partial charge in [0.25, 0.3) is 0 Å². The van der Waals surface area contributed by atoms with Gasteiger partial charge in [-0.2, -0.15) is 8.78 Å². The van der Waals surface area contributed by atoms with E-state index >= 15 is 0 Å². The first-order valence-corrected chi connectivity index (χ1v) is 4.38. The molecule has 0 aliphatic heterocycles. The fraction of sp³-hybridized carbons (Fsp3) is 0.625. The highest BCUT2D eigenvalue weighted by atomic mass is 35.5. The van der Waals surface area contributed by atoms with Crippen LogP contribution in [0.15, 0.2) is 11.8 Å². The minimum absolute atomic E-state index is 0.00640. The van der Waals surface area contributed by atoms with Gasteiger partial charge in [0.1, 0.15) is 0 Å². The fourth-order valence-electron chi connectivity index (χ4n) is 0.652. The van der Waals surface area contributed by atoms with Crippen LogP contribution < -0.4 is 0 Å². The Kier molecular flexibility index (Phi) is 5.45. The molecule has 0 rings (SSSR count). The number of halogens is 3. The molecule has 6 heteroatoms. The van der Waals surface area contributed by atoms with E-state index in [9.17, 15) is 13.6 Å². The van der Waals surface area contributed by atoms with Gasteiger partial charge in [-0.1, -0.05) is 0 Å². The standard InChI is InChI=1S/C8H11ClF2O3/c1-3-13-6(8(9,10)11)5-7(12)14-4-2/h5H,3-4H2,1-2H3/b6-5-. The highest BCUT2D eigenvalue weighted by Crippen LogP contribution is 2.29. The van der Waals surface area contributed by atoms with Gasteiger partial charge in [-0.25, -0.2) is 4.79 Å². The van der Waals surface area contributed by atoms with E-state index in [1.807, 2.05) is 0 Å². The Hall–Kier alpha value is -0.840. The molecular formula is C8H11ClF2O3. The summed E-state index contributed by atoms with van der Waals surface area (Å²) in [6.07, 6.45) is 0.542. The lowest BCUT2D eigenvalue weighted by atomic mass is 10.4. The van der Waals surface area contributed by atoms with Crippen LogP contribution in [-0.4, -0.2) is 24.6 Å². The van der Waals surface area contributed by atoms with Crippen LogP contribution in [0, 0.1) is 0 Å². The van der Waals surface area contributed by atoms with Crippen molar-refractivity contribution < 1.29 is 23.0 Å². The Balaban J connectivity index is 4.56. The number of allylic oxidation sites excluding steroid dienone is 1. The number of carbonyl (C=O) groups is 1. The van der Waals surface area contributed by atoms with Crippen LogP contribution in [0.25, 0.3) is 0 Å². The molecule has 0 aromatic carbocycles. The summed E-state index contributed by atoms with van der Waals surface area (Å²) >= 11 is 4.69. The minimum atomic E-state index is -3.69. The Bertz CT molecular complexity index is 223. The average molecular weight is 229 g/mol. The maximum absolute atomic E-state index is 12.5. The zero-order chi connectivity index (χ0) is 11.2. The molecule has 3 nitrogen and oxygen atoms in total. The van der Waals surface area contributed by atoms with Gasteiger partial charge in [0.2, 0.25) is 0 Å². The van der Waals surface area contributed by atoms with Crippen molar-refractivity contribution in [3.8, 4) is 0 Å². The molecule has 0 atom stereocenters. The Morgan fingerprint density at radius 1 is 1.36 bits per heavy atom. The predicted octanol–water partition coefficient (Wildman–Crippen LogP) is 2.30. The van der Waals surface area contributed by atoms with E-state index in [0.717, 1.165) is 0 Å². The summed E-state index contributed by atoms with van der Waals surface area (Å²) in [5.41, 5.74) is 0. The lowest BCUT2D eigenvalue weighted by Crippen LogP contribution is -2.16. The molecule has 0 heterocycles. The van der Waals surface area contributed by atoms with E-state index in [1.165, 1.54) is 6.92 Å². The second-order valence-corrected chi connectivity index (χ2v) is 2.67. The first-order valence-electron chi connectivity index (χ1n) is 4.00. The smallest absolute Gasteiger partial charge is 0.379 e. The molecule has 0 spiro atoms. The van der Waals surface area contributed by atoms with Crippen LogP contribution in [0.4, 0.5) is 8.78 Å². The number of carbonyl (C=O) groups excluding carboxylic acids is 1. The quantitative estimate of drug-likeness (QED) is 0.314. The maximum atomic E-state index is 12.5. The van der Waals surface area contributed by atoms with Gasteiger partial charge < -0.3 is 9.47 Å². The molecule has 0 bridgehead atoms. The lowest BCUT2D eigenvalue weighted by Gasteiger charge is -2.12. The molecule has 0 amide bonds. The second kappa shape index (κ2) is 5.80. The topological polar surface area (TPSA) is 35.5 Å². The van der Waals surface area contributed by atoms with Crippen molar-refractivity contribution in [2.45, 2.75) is 19.2 Å². The van der Waals surface area contributed by atoms with Crippen LogP contribution in [0.2, 0.25) is 0 Å². The van der Waals surface area contributed by atoms with E-state index in [1.54, 1.807) is 6.92 Å². The number of esters is 1. The van der Waals surface area contributed by atoms with Gasteiger partial charge in [0.15, 0.2) is 5.76 Å². The van der Waals surface area contributed by atoms with Gasteiger partial charge >= 0.3 is 11.4 Å². The summed E-state index contributed by atoms with van der Waals surface area (Å²) in [6.45, 7) is 3.16. The Labute approximate surface area is 85.6 Å². The predicted molar refractivity (Wildman–Crippen MR) is 47.1 cm³/mol. The zero-order valence-corrected chi connectivity index (χ0v) is 8.61. The third-order valence-electron chi connectivity index (χ3n) is 1.11. The van der Waals surface area contributed by atoms with Gasteiger partial charge in [-0.05, 0) is 25.4 Å². The highest BCUT2D eigenvalue weighted by molar-refractivity contribution is 6.23. The molecule has 0 fully saturated rings. The van der Waals surface area contributed by atoms with E-state index in [4.69, 9.17) is 0 Å². The van der Waals surface area contributed by atoms with Crippen LogP contribution in [0.3, 0.4) is 0 Å². The second-order valence-electron chi connectivity index (χ2n) is 2.19. The summed E-state index contributed by atoms with van der Waals surface area (Å²) < 4.78 is 34.0. The van der Waals surface area contributed by atoms with Crippen molar-refractivity contribution in [1.29, 1.82) is 0 Å². The van der Waals surface area contributed by atoms with Crippen molar-refractivity contribution in [1.82, 2.24) is 0 Å². The number of hydrogen-bond donors (Lipinski definition) is 0. The molecule has 14 heavy (non-hydrogen) atoms. The molecule has 82 valence electrons. The monoisotopic (exact) mass is 228 g/mol. The Morgan fingerprint density at radius 3 is 2.21 bits per heavy atom. The van der Waals surface area contributed by atoms with Crippen molar-refractivity contribution in [2.24, 2.45) is 0 Å². The fourth-order valence-corrected chi connectivity index (χ4v) is 0.761. The first-order chi connectivity index (χ1) is 6.41. The summed E-state index contributed by atoms with van der Waals surface area (Å²) in [4.78, 5) is 10.8. The molecule has 0 aliphatic carbocycles. The number of ether oxygens (including phenoxy) is 2. The van der Waals surface area contributed by atoms with E-state index in [2.05, 4.69) is 21.1 Å². The van der Waals surface area contributed by atoms with E-state index in [-0.39, 0.29) is 13.2 Å². The number of alkyl halides is 3. The van der Waals surface area contributed by atoms with Gasteiger partial charge in [-0.3, -0.25) is 0 Å². The summed E-state index contributed by atoms with van der Waals surface area (Å²) in [7, 11) is 0. The lowest BCUT2D eigenvalue weighted by molar-refractivity contribution is -0.137. The van der Waals surface area contributed by atoms with Gasteiger partial charge in [-0.15, -0.1) is 0 Å². The third-order valence-corrected chi connectivity index (χ3v) is 1.30. The molecule has 0 N–H and O–H groups in total. The van der Waals surface area contributed by atoms with Crippen molar-refractivity contribution in [3.05, 3.63) is 11.8 Å². The molecule has 0 aliphatic rings. The van der Waals surface area contributed by atoms with Crippen LogP contribution in [0.5, 0.6) is 0 Å². The highest BCUT2D eigenvalue weighted by Gasteiger charge is 2.33. The zero-order valence-electron chi connectivity index (χ0n) is 7.85. The van der Waals surface area contributed by atoms with Crippen molar-refractivity contribution >= 4 is 17.6 Å². The van der Waals surface area contributed by atoms with E-state index in [0.29, 0.717) is 6.08 Å². The molecular weight excluding hydrogens is 218 g/mol. The number of hydrogen-bond acceptors (Lipinski definition) is 3. The molecule has 0 aromatic heterocycles. The minimum Gasteiger partial charge on any atom is -0.490 e. The largest absolute Gasteiger partial charge is 0.490 e. The SMILES string of the molecule is CCOC(=O)/C=C(\OCC)C(F)(F)Cl. The summed E-state index contributed by atoms with van der Waals surface area (Å²) in [5, 5.41) is -3.69. The molecule has 0 aromatic rings. The van der Waals surface area contributed by atoms with Crippen molar-refractivity contribution in [3.63, 3.8) is 0 Å². The summed E-state index contributed by atoms with van der Waals surface area (Å²) in [5.74, 6) is -1.81. The average Bonchev–Trinajstić information content (AvgIpc) is 2.02. The third kappa shape index (κ3) is 5.01. The molecule has 0 saturated carbocycles.